The molecule has 0 radical (unpaired) electrons. The van der Waals surface area contributed by atoms with Crippen molar-refractivity contribution in [2.75, 3.05) is 11.9 Å². The minimum Gasteiger partial charge on any atom is -0.383 e. The van der Waals surface area contributed by atoms with Crippen LogP contribution in [0, 0.1) is 0 Å². The van der Waals surface area contributed by atoms with E-state index in [1.54, 1.807) is 0 Å². The summed E-state index contributed by atoms with van der Waals surface area (Å²) in [7, 11) is 0. The lowest BCUT2D eigenvalue weighted by molar-refractivity contribution is 0.0323. The Morgan fingerprint density at radius 1 is 1.08 bits per heavy atom. The Hall–Kier alpha value is -2.24. The zero-order chi connectivity index (χ0) is 16.4. The molecule has 1 aliphatic rings. The van der Waals surface area contributed by atoms with Gasteiger partial charge in [-0.05, 0) is 30.4 Å². The molecule has 0 aliphatic heterocycles. The van der Waals surface area contributed by atoms with Crippen molar-refractivity contribution in [1.29, 1.82) is 0 Å². The van der Waals surface area contributed by atoms with E-state index < -0.39 is 5.60 Å². The first-order valence-corrected chi connectivity index (χ1v) is 8.96. The standard InChI is InChI=1S/C19H19N3OS/c23-19(12-6-10-14-7-4-5-11-16(14)19)13-20-18-21-17(22-24-18)15-8-2-1-3-9-15/h1-5,7-9,11,23H,6,10,12-13H2,(H,20,21,22). The first kappa shape index (κ1) is 15.3. The van der Waals surface area contributed by atoms with E-state index in [-0.39, 0.29) is 0 Å². The summed E-state index contributed by atoms with van der Waals surface area (Å²) in [6, 6.07) is 18.1. The second-order valence-corrected chi connectivity index (χ2v) is 6.94. The normalized spacial score (nSPS) is 19.7. The molecule has 2 N–H and O–H groups in total. The van der Waals surface area contributed by atoms with Crippen molar-refractivity contribution >= 4 is 16.7 Å². The Labute approximate surface area is 145 Å². The highest BCUT2D eigenvalue weighted by atomic mass is 32.1. The summed E-state index contributed by atoms with van der Waals surface area (Å²) in [5.74, 6) is 0.721. The third-order valence-electron chi connectivity index (χ3n) is 4.55. The molecule has 1 aliphatic carbocycles. The Morgan fingerprint density at radius 2 is 1.88 bits per heavy atom. The number of aryl methyl sites for hydroxylation is 1. The van der Waals surface area contributed by atoms with Gasteiger partial charge in [0.2, 0.25) is 5.13 Å². The Bertz CT molecular complexity index is 833. The van der Waals surface area contributed by atoms with Crippen LogP contribution in [0.2, 0.25) is 0 Å². The first-order chi connectivity index (χ1) is 11.7. The van der Waals surface area contributed by atoms with Crippen molar-refractivity contribution in [2.24, 2.45) is 0 Å². The summed E-state index contributed by atoms with van der Waals surface area (Å²) in [5.41, 5.74) is 2.45. The van der Waals surface area contributed by atoms with Crippen LogP contribution in [-0.2, 0) is 12.0 Å². The molecule has 2 aromatic carbocycles. The summed E-state index contributed by atoms with van der Waals surface area (Å²) >= 11 is 1.33. The monoisotopic (exact) mass is 337 g/mol. The number of hydrogen-bond acceptors (Lipinski definition) is 5. The van der Waals surface area contributed by atoms with Crippen molar-refractivity contribution in [3.05, 3.63) is 65.7 Å². The molecule has 24 heavy (non-hydrogen) atoms. The van der Waals surface area contributed by atoms with Crippen LogP contribution in [0.3, 0.4) is 0 Å². The second-order valence-electron chi connectivity index (χ2n) is 6.19. The fourth-order valence-electron chi connectivity index (χ4n) is 3.30. The summed E-state index contributed by atoms with van der Waals surface area (Å²) < 4.78 is 4.40. The summed E-state index contributed by atoms with van der Waals surface area (Å²) in [6.45, 7) is 0.452. The number of nitrogens with zero attached hydrogens (tertiary/aromatic N) is 2. The Balaban J connectivity index is 1.51. The summed E-state index contributed by atoms with van der Waals surface area (Å²) in [5, 5.41) is 15.1. The predicted molar refractivity (Wildman–Crippen MR) is 97.1 cm³/mol. The van der Waals surface area contributed by atoms with Crippen molar-refractivity contribution in [3.8, 4) is 11.4 Å². The van der Waals surface area contributed by atoms with Gasteiger partial charge in [0.05, 0.1) is 6.54 Å². The van der Waals surface area contributed by atoms with Gasteiger partial charge in [0.1, 0.15) is 5.60 Å². The van der Waals surface area contributed by atoms with E-state index in [1.807, 2.05) is 48.5 Å². The lowest BCUT2D eigenvalue weighted by Gasteiger charge is -2.34. The number of aliphatic hydroxyl groups is 1. The van der Waals surface area contributed by atoms with Crippen molar-refractivity contribution in [2.45, 2.75) is 24.9 Å². The zero-order valence-corrected chi connectivity index (χ0v) is 14.1. The number of nitrogens with one attached hydrogen (secondary N) is 1. The predicted octanol–water partition coefficient (Wildman–Crippen LogP) is 3.84. The molecule has 1 heterocycles. The molecule has 0 bridgehead atoms. The minimum absolute atomic E-state index is 0.452. The summed E-state index contributed by atoms with van der Waals surface area (Å²) in [4.78, 5) is 4.54. The average Bonchev–Trinajstić information content (AvgIpc) is 3.11. The van der Waals surface area contributed by atoms with Crippen LogP contribution in [0.15, 0.2) is 54.6 Å². The van der Waals surface area contributed by atoms with Gasteiger partial charge < -0.3 is 10.4 Å². The van der Waals surface area contributed by atoms with Crippen LogP contribution >= 0.6 is 11.5 Å². The molecule has 1 atom stereocenters. The van der Waals surface area contributed by atoms with Gasteiger partial charge >= 0.3 is 0 Å². The van der Waals surface area contributed by atoms with Crippen LogP contribution in [0.4, 0.5) is 5.13 Å². The van der Waals surface area contributed by atoms with Crippen LogP contribution in [-0.4, -0.2) is 21.0 Å². The highest BCUT2D eigenvalue weighted by Gasteiger charge is 2.34. The van der Waals surface area contributed by atoms with Gasteiger partial charge in [0.25, 0.3) is 0 Å². The molecule has 1 unspecified atom stereocenters. The Kier molecular flexibility index (Phi) is 4.04. The van der Waals surface area contributed by atoms with Crippen molar-refractivity contribution < 1.29 is 5.11 Å². The molecule has 4 rings (SSSR count). The number of fused-ring (bicyclic) bond motifs is 1. The van der Waals surface area contributed by atoms with E-state index >= 15 is 0 Å². The number of benzene rings is 2. The maximum Gasteiger partial charge on any atom is 0.203 e. The molecule has 0 saturated heterocycles. The Morgan fingerprint density at radius 3 is 2.75 bits per heavy atom. The fourth-order valence-corrected chi connectivity index (χ4v) is 3.89. The van der Waals surface area contributed by atoms with E-state index in [2.05, 4.69) is 20.7 Å². The molecule has 1 aromatic heterocycles. The maximum atomic E-state index is 11.1. The van der Waals surface area contributed by atoms with Gasteiger partial charge in [-0.2, -0.15) is 9.36 Å². The smallest absolute Gasteiger partial charge is 0.203 e. The molecular formula is C19H19N3OS. The van der Waals surface area contributed by atoms with Gasteiger partial charge in [0, 0.05) is 17.1 Å². The van der Waals surface area contributed by atoms with Gasteiger partial charge in [-0.1, -0.05) is 54.6 Å². The highest BCUT2D eigenvalue weighted by molar-refractivity contribution is 7.09. The summed E-state index contributed by atoms with van der Waals surface area (Å²) in [6.07, 6.45) is 2.80. The highest BCUT2D eigenvalue weighted by Crippen LogP contribution is 2.35. The number of anilines is 1. The lowest BCUT2D eigenvalue weighted by Crippen LogP contribution is -2.37. The molecule has 3 aromatic rings. The van der Waals surface area contributed by atoms with E-state index in [0.29, 0.717) is 6.54 Å². The van der Waals surface area contributed by atoms with Gasteiger partial charge in [-0.15, -0.1) is 0 Å². The van der Waals surface area contributed by atoms with Crippen molar-refractivity contribution in [1.82, 2.24) is 9.36 Å². The number of aromatic nitrogens is 2. The lowest BCUT2D eigenvalue weighted by atomic mass is 9.79. The van der Waals surface area contributed by atoms with Gasteiger partial charge in [0.15, 0.2) is 5.82 Å². The average molecular weight is 337 g/mol. The van der Waals surface area contributed by atoms with E-state index in [1.165, 1.54) is 17.1 Å². The number of rotatable bonds is 4. The molecule has 0 amide bonds. The van der Waals surface area contributed by atoms with Crippen molar-refractivity contribution in [3.63, 3.8) is 0 Å². The van der Waals surface area contributed by atoms with E-state index in [9.17, 15) is 5.11 Å². The SMILES string of the molecule is OC1(CNc2nc(-c3ccccc3)ns2)CCCc2ccccc21. The second kappa shape index (κ2) is 6.34. The van der Waals surface area contributed by atoms with E-state index in [0.717, 1.165) is 41.3 Å². The maximum absolute atomic E-state index is 11.1. The quantitative estimate of drug-likeness (QED) is 0.759. The van der Waals surface area contributed by atoms with E-state index in [4.69, 9.17) is 0 Å². The molecule has 0 saturated carbocycles. The van der Waals surface area contributed by atoms with Crippen LogP contribution in [0.5, 0.6) is 0 Å². The molecule has 0 fully saturated rings. The fraction of sp³-hybridized carbons (Fsp3) is 0.263. The van der Waals surface area contributed by atoms with Crippen LogP contribution < -0.4 is 5.32 Å². The molecule has 5 heteroatoms. The largest absolute Gasteiger partial charge is 0.383 e. The zero-order valence-electron chi connectivity index (χ0n) is 13.3. The first-order valence-electron chi connectivity index (χ1n) is 8.18. The molecule has 4 nitrogen and oxygen atoms in total. The van der Waals surface area contributed by atoms with Crippen LogP contribution in [0.25, 0.3) is 11.4 Å². The number of hydrogen-bond donors (Lipinski definition) is 2. The molecular weight excluding hydrogens is 318 g/mol. The van der Waals surface area contributed by atoms with Crippen LogP contribution in [0.1, 0.15) is 24.0 Å². The third-order valence-corrected chi connectivity index (χ3v) is 5.22. The third kappa shape index (κ3) is 2.92. The van der Waals surface area contributed by atoms with Gasteiger partial charge in [-0.25, -0.2) is 0 Å². The van der Waals surface area contributed by atoms with Gasteiger partial charge in [-0.3, -0.25) is 0 Å². The topological polar surface area (TPSA) is 58.0 Å². The molecule has 0 spiro atoms. The minimum atomic E-state index is -0.840. The molecule has 122 valence electrons.